The topological polar surface area (TPSA) is 112 Å². The molecule has 0 N–H and O–H groups in total. The first-order valence-electron chi connectivity index (χ1n) is 20.8. The van der Waals surface area contributed by atoms with Gasteiger partial charge in [0.15, 0.2) is 11.6 Å². The summed E-state index contributed by atoms with van der Waals surface area (Å²) in [5.74, 6) is 0.309. The lowest BCUT2D eigenvalue weighted by Gasteiger charge is -2.37. The Bertz CT molecular complexity index is 2470. The van der Waals surface area contributed by atoms with Crippen LogP contribution < -0.4 is 28.7 Å². The molecular formula is C46H49ClF4N6O6. The number of rotatable bonds is 10. The molecule has 4 aliphatic heterocycles. The van der Waals surface area contributed by atoms with Gasteiger partial charge in [-0.05, 0) is 94.5 Å². The second kappa shape index (κ2) is 17.1. The van der Waals surface area contributed by atoms with Crippen molar-refractivity contribution in [3.05, 3.63) is 87.7 Å². The number of hydrogen-bond donors (Lipinski definition) is 0. The molecule has 3 saturated heterocycles. The van der Waals surface area contributed by atoms with Gasteiger partial charge in [0, 0.05) is 32.1 Å². The quantitative estimate of drug-likeness (QED) is 0.125. The van der Waals surface area contributed by atoms with Crippen molar-refractivity contribution >= 4 is 40.2 Å². The Morgan fingerprint density at radius 2 is 1.57 bits per heavy atom. The minimum atomic E-state index is -4.98. The number of nitrogens with zero attached hydrogens (tertiary/aromatic N) is 6. The van der Waals surface area contributed by atoms with E-state index in [1.54, 1.807) is 50.3 Å². The highest BCUT2D eigenvalue weighted by Gasteiger charge is 2.47. The van der Waals surface area contributed by atoms with E-state index >= 15 is 17.6 Å². The van der Waals surface area contributed by atoms with Gasteiger partial charge in [0.25, 0.3) is 0 Å². The maximum Gasteiger partial charge on any atom is 0.418 e. The molecule has 0 unspecified atom stereocenters. The van der Waals surface area contributed by atoms with Crippen molar-refractivity contribution in [2.24, 2.45) is 5.92 Å². The summed E-state index contributed by atoms with van der Waals surface area (Å²) in [7, 11) is 3.11. The third-order valence-electron chi connectivity index (χ3n) is 11.7. The molecule has 17 heteroatoms. The molecule has 0 saturated carbocycles. The smallest absolute Gasteiger partial charge is 0.418 e. The zero-order valence-electron chi connectivity index (χ0n) is 36.1. The van der Waals surface area contributed by atoms with Crippen LogP contribution in [0.4, 0.5) is 34.0 Å². The van der Waals surface area contributed by atoms with Crippen molar-refractivity contribution in [1.29, 1.82) is 0 Å². The molecule has 6 heterocycles. The van der Waals surface area contributed by atoms with E-state index in [9.17, 15) is 4.79 Å². The number of aryl methyl sites for hydroxylation is 1. The lowest BCUT2D eigenvalue weighted by molar-refractivity contribution is -0.137. The Morgan fingerprint density at radius 1 is 0.937 bits per heavy atom. The van der Waals surface area contributed by atoms with E-state index < -0.39 is 45.5 Å². The Hall–Kier alpha value is -5.77. The highest BCUT2D eigenvalue weighted by molar-refractivity contribution is 6.36. The molecule has 0 spiro atoms. The summed E-state index contributed by atoms with van der Waals surface area (Å²) in [5.41, 5.74) is -2.12. The molecule has 3 aromatic carbocycles. The van der Waals surface area contributed by atoms with E-state index in [0.29, 0.717) is 31.0 Å². The first kappa shape index (κ1) is 43.9. The van der Waals surface area contributed by atoms with Crippen LogP contribution in [0.1, 0.15) is 62.8 Å². The number of amides is 1. The molecule has 0 aliphatic carbocycles. The summed E-state index contributed by atoms with van der Waals surface area (Å²) < 4.78 is 92.6. The number of anilines is 2. The maximum absolute atomic E-state index is 17.7. The van der Waals surface area contributed by atoms with Gasteiger partial charge in [0.1, 0.15) is 40.9 Å². The largest absolute Gasteiger partial charge is 0.497 e. The zero-order valence-corrected chi connectivity index (χ0v) is 36.9. The standard InChI is InChI=1S/C46H49ClF4N6O6/c1-8-61-43-53-40-35-41(62-24-32-28-13-14-29(23-57(32)42(35)54-43)56(22-28)44(58)63-45(3,4)5)37(47)34(38(40)48)39-36(46(49,50)51)25(2)19-33(52-39)55(20-26-9-15-30(59-6)16-10-26)21-27-11-17-31(60-7)18-12-27/h9-12,15-19,28-29,32H,8,13-14,20-24H2,1-7H3/t28-,29-,32-/m1/s1. The van der Waals surface area contributed by atoms with Crippen LogP contribution in [0.15, 0.2) is 54.6 Å². The van der Waals surface area contributed by atoms with Gasteiger partial charge < -0.3 is 38.4 Å². The van der Waals surface area contributed by atoms with E-state index in [1.807, 2.05) is 54.8 Å². The second-order valence-corrected chi connectivity index (χ2v) is 17.4. The molecule has 1 amide bonds. The summed E-state index contributed by atoms with van der Waals surface area (Å²) in [6, 6.07) is 15.1. The van der Waals surface area contributed by atoms with Crippen LogP contribution >= 0.6 is 11.6 Å². The molecule has 63 heavy (non-hydrogen) atoms. The van der Waals surface area contributed by atoms with Crippen molar-refractivity contribution in [2.45, 2.75) is 84.4 Å². The minimum absolute atomic E-state index is 0.00981. The third kappa shape index (κ3) is 8.65. The number of fused-ring (bicyclic) bond motifs is 2. The van der Waals surface area contributed by atoms with E-state index in [2.05, 4.69) is 9.97 Å². The number of alkyl halides is 3. The molecule has 12 nitrogen and oxygen atoms in total. The summed E-state index contributed by atoms with van der Waals surface area (Å²) in [4.78, 5) is 32.9. The van der Waals surface area contributed by atoms with Crippen LogP contribution in [0.25, 0.3) is 22.2 Å². The van der Waals surface area contributed by atoms with Crippen LogP contribution in [-0.4, -0.2) is 84.2 Å². The van der Waals surface area contributed by atoms with E-state index in [0.717, 1.165) is 17.5 Å². The number of ether oxygens (including phenoxy) is 5. The molecule has 334 valence electrons. The number of carbonyl (C=O) groups excluding carboxylic acids is 1. The highest BCUT2D eigenvalue weighted by atomic mass is 35.5. The summed E-state index contributed by atoms with van der Waals surface area (Å²) in [5, 5.41) is -0.321. The Morgan fingerprint density at radius 3 is 2.14 bits per heavy atom. The Labute approximate surface area is 368 Å². The van der Waals surface area contributed by atoms with E-state index in [4.69, 9.17) is 40.3 Å². The van der Waals surface area contributed by atoms with Crippen LogP contribution in [0.3, 0.4) is 0 Å². The minimum Gasteiger partial charge on any atom is -0.497 e. The summed E-state index contributed by atoms with van der Waals surface area (Å²) >= 11 is 7.18. The maximum atomic E-state index is 17.7. The van der Waals surface area contributed by atoms with Crippen LogP contribution in [0, 0.1) is 18.7 Å². The van der Waals surface area contributed by atoms with Gasteiger partial charge in [-0.1, -0.05) is 35.9 Å². The molecular weight excluding hydrogens is 844 g/mol. The lowest BCUT2D eigenvalue weighted by Crippen LogP contribution is -2.49. The highest BCUT2D eigenvalue weighted by Crippen LogP contribution is 2.52. The van der Waals surface area contributed by atoms with Crippen molar-refractivity contribution < 1.29 is 46.0 Å². The third-order valence-corrected chi connectivity index (χ3v) is 12.1. The SMILES string of the molecule is CCOc1nc2c3c(c(Cl)c(-c4nc(N(Cc5ccc(OC)cc5)Cc5ccc(OC)cc5)cc(C)c4C(F)(F)F)c(F)c3n1)OC[C@@H]1[C@@H]3CC[C@H](CN21)N(C(=O)OC(C)(C)C)C3. The van der Waals surface area contributed by atoms with Crippen LogP contribution in [0.2, 0.25) is 5.02 Å². The van der Waals surface area contributed by atoms with Gasteiger partial charge in [0.2, 0.25) is 0 Å². The summed E-state index contributed by atoms with van der Waals surface area (Å²) in [6.07, 6.45) is -3.98. The molecule has 2 bridgehead atoms. The number of carbonyl (C=O) groups is 1. The number of piperidine rings is 1. The molecule has 0 radical (unpaired) electrons. The fourth-order valence-corrected chi connectivity index (χ4v) is 9.14. The van der Waals surface area contributed by atoms with E-state index in [-0.39, 0.29) is 84.2 Å². The first-order valence-corrected chi connectivity index (χ1v) is 21.2. The van der Waals surface area contributed by atoms with Gasteiger partial charge in [-0.3, -0.25) is 0 Å². The fourth-order valence-electron chi connectivity index (χ4n) is 8.82. The number of halogens is 5. The molecule has 3 fully saturated rings. The fraction of sp³-hybridized carbons (Fsp3) is 0.435. The predicted molar refractivity (Wildman–Crippen MR) is 231 cm³/mol. The Kier molecular flexibility index (Phi) is 11.9. The normalized spacial score (nSPS) is 18.3. The number of aromatic nitrogens is 3. The number of pyridine rings is 1. The Balaban J connectivity index is 1.30. The molecule has 5 aromatic rings. The number of hydrogen-bond acceptors (Lipinski definition) is 11. The van der Waals surface area contributed by atoms with Gasteiger partial charge in [0.05, 0.1) is 60.1 Å². The molecule has 3 atom stereocenters. The van der Waals surface area contributed by atoms with Gasteiger partial charge in [-0.2, -0.15) is 23.1 Å². The second-order valence-electron chi connectivity index (χ2n) is 17.0. The zero-order chi connectivity index (χ0) is 45.0. The molecule has 2 aromatic heterocycles. The number of methoxy groups -OCH3 is 2. The first-order chi connectivity index (χ1) is 30.0. The number of benzene rings is 3. The average molecular weight is 893 g/mol. The lowest BCUT2D eigenvalue weighted by atomic mass is 9.90. The van der Waals surface area contributed by atoms with Crippen molar-refractivity contribution in [3.63, 3.8) is 0 Å². The van der Waals surface area contributed by atoms with Gasteiger partial charge in [-0.25, -0.2) is 14.2 Å². The molecule has 4 aliphatic rings. The molecule has 9 rings (SSSR count). The predicted octanol–water partition coefficient (Wildman–Crippen LogP) is 10.0. The summed E-state index contributed by atoms with van der Waals surface area (Å²) in [6.45, 7) is 9.69. The van der Waals surface area contributed by atoms with E-state index in [1.165, 1.54) is 13.0 Å². The van der Waals surface area contributed by atoms with Gasteiger partial charge >= 0.3 is 18.3 Å². The van der Waals surface area contributed by atoms with Crippen molar-refractivity contribution in [2.75, 3.05) is 50.3 Å². The van der Waals surface area contributed by atoms with Crippen LogP contribution in [0.5, 0.6) is 23.3 Å². The van der Waals surface area contributed by atoms with Crippen LogP contribution in [-0.2, 0) is 24.0 Å². The van der Waals surface area contributed by atoms with Gasteiger partial charge in [-0.15, -0.1) is 0 Å². The van der Waals surface area contributed by atoms with Crippen molar-refractivity contribution in [1.82, 2.24) is 19.9 Å². The van der Waals surface area contributed by atoms with Crippen molar-refractivity contribution in [3.8, 4) is 34.5 Å². The monoisotopic (exact) mass is 892 g/mol. The average Bonchev–Trinajstić information content (AvgIpc) is 3.58.